The van der Waals surface area contributed by atoms with Gasteiger partial charge in [-0.15, -0.1) is 11.3 Å². The predicted molar refractivity (Wildman–Crippen MR) is 69.5 cm³/mol. The lowest BCUT2D eigenvalue weighted by Gasteiger charge is -2.05. The Balaban J connectivity index is 2.09. The average molecular weight is 265 g/mol. The molecule has 2 aromatic rings. The molecule has 0 aliphatic heterocycles. The summed E-state index contributed by atoms with van der Waals surface area (Å²) < 4.78 is 0. The SMILES string of the molecule is Cc1ncsc1CNc1ccc([N+](=O)[O-])c(N)n1. The summed E-state index contributed by atoms with van der Waals surface area (Å²) in [4.78, 5) is 19.2. The second-order valence-electron chi connectivity index (χ2n) is 3.57. The lowest BCUT2D eigenvalue weighted by atomic mass is 10.3. The fraction of sp³-hybridized carbons (Fsp3) is 0.200. The zero-order chi connectivity index (χ0) is 13.1. The molecular weight excluding hydrogens is 254 g/mol. The van der Waals surface area contributed by atoms with Gasteiger partial charge < -0.3 is 11.1 Å². The third kappa shape index (κ3) is 2.54. The highest BCUT2D eigenvalue weighted by molar-refractivity contribution is 7.09. The van der Waals surface area contributed by atoms with Gasteiger partial charge in [-0.1, -0.05) is 0 Å². The second-order valence-corrected chi connectivity index (χ2v) is 4.51. The van der Waals surface area contributed by atoms with Crippen molar-refractivity contribution < 1.29 is 4.92 Å². The smallest absolute Gasteiger partial charge is 0.311 e. The lowest BCUT2D eigenvalue weighted by molar-refractivity contribution is -0.384. The highest BCUT2D eigenvalue weighted by atomic mass is 32.1. The number of thiazole rings is 1. The summed E-state index contributed by atoms with van der Waals surface area (Å²) in [5.74, 6) is 0.414. The van der Waals surface area contributed by atoms with Crippen LogP contribution in [0.5, 0.6) is 0 Å². The lowest BCUT2D eigenvalue weighted by Crippen LogP contribution is -2.04. The van der Waals surface area contributed by atoms with Gasteiger partial charge in [0.1, 0.15) is 5.82 Å². The van der Waals surface area contributed by atoms with Crippen molar-refractivity contribution in [3.8, 4) is 0 Å². The van der Waals surface area contributed by atoms with Gasteiger partial charge in [0.15, 0.2) is 0 Å². The number of aryl methyl sites for hydroxylation is 1. The number of rotatable bonds is 4. The number of nitrogens with two attached hydrogens (primary N) is 1. The van der Waals surface area contributed by atoms with Gasteiger partial charge >= 0.3 is 5.69 Å². The maximum atomic E-state index is 10.6. The van der Waals surface area contributed by atoms with Crippen LogP contribution in [0.4, 0.5) is 17.3 Å². The fourth-order valence-electron chi connectivity index (χ4n) is 1.39. The molecule has 0 aromatic carbocycles. The van der Waals surface area contributed by atoms with Crippen LogP contribution in [-0.4, -0.2) is 14.9 Å². The van der Waals surface area contributed by atoms with Gasteiger partial charge in [-0.2, -0.15) is 0 Å². The summed E-state index contributed by atoms with van der Waals surface area (Å²) in [7, 11) is 0. The summed E-state index contributed by atoms with van der Waals surface area (Å²) in [6.07, 6.45) is 0. The molecule has 0 radical (unpaired) electrons. The molecule has 7 nitrogen and oxygen atoms in total. The standard InChI is InChI=1S/C10H11N5O2S/c1-6-8(18-5-13-6)4-12-9-3-2-7(15(16)17)10(11)14-9/h2-3,5H,4H2,1H3,(H3,11,12,14). The van der Waals surface area contributed by atoms with Crippen molar-refractivity contribution in [3.05, 3.63) is 38.3 Å². The zero-order valence-electron chi connectivity index (χ0n) is 9.58. The van der Waals surface area contributed by atoms with Crippen molar-refractivity contribution in [2.45, 2.75) is 13.5 Å². The number of aromatic nitrogens is 2. The summed E-state index contributed by atoms with van der Waals surface area (Å²) in [6.45, 7) is 2.49. The topological polar surface area (TPSA) is 107 Å². The van der Waals surface area contributed by atoms with Crippen LogP contribution >= 0.6 is 11.3 Å². The first-order valence-electron chi connectivity index (χ1n) is 5.11. The largest absolute Gasteiger partial charge is 0.378 e. The van der Waals surface area contributed by atoms with E-state index in [0.717, 1.165) is 10.6 Å². The van der Waals surface area contributed by atoms with E-state index >= 15 is 0 Å². The first-order valence-corrected chi connectivity index (χ1v) is 5.99. The Hall–Kier alpha value is -2.22. The monoisotopic (exact) mass is 265 g/mol. The van der Waals surface area contributed by atoms with E-state index in [-0.39, 0.29) is 11.5 Å². The van der Waals surface area contributed by atoms with Gasteiger partial charge in [-0.3, -0.25) is 10.1 Å². The summed E-state index contributed by atoms with van der Waals surface area (Å²) in [5.41, 5.74) is 8.04. The minimum Gasteiger partial charge on any atom is -0.378 e. The molecule has 0 bridgehead atoms. The van der Waals surface area contributed by atoms with Crippen LogP contribution in [0, 0.1) is 17.0 Å². The maximum absolute atomic E-state index is 10.6. The summed E-state index contributed by atoms with van der Waals surface area (Å²) >= 11 is 1.54. The Bertz CT molecular complexity index is 583. The van der Waals surface area contributed by atoms with Crippen LogP contribution in [0.25, 0.3) is 0 Å². The van der Waals surface area contributed by atoms with Crippen LogP contribution in [0.3, 0.4) is 0 Å². The number of hydrogen-bond acceptors (Lipinski definition) is 7. The Kier molecular flexibility index (Phi) is 3.38. The number of nitrogens with zero attached hydrogens (tertiary/aromatic N) is 3. The third-order valence-corrected chi connectivity index (χ3v) is 3.31. The molecule has 18 heavy (non-hydrogen) atoms. The highest BCUT2D eigenvalue weighted by Crippen LogP contribution is 2.21. The number of nitro groups is 1. The van der Waals surface area contributed by atoms with E-state index in [4.69, 9.17) is 5.73 Å². The molecule has 8 heteroatoms. The fourth-order valence-corrected chi connectivity index (χ4v) is 2.10. The Morgan fingerprint density at radius 2 is 2.33 bits per heavy atom. The second kappa shape index (κ2) is 4.96. The molecule has 3 N–H and O–H groups in total. The van der Waals surface area contributed by atoms with E-state index in [1.165, 1.54) is 12.1 Å². The van der Waals surface area contributed by atoms with Crippen LogP contribution in [0.2, 0.25) is 0 Å². The molecule has 0 aliphatic carbocycles. The van der Waals surface area contributed by atoms with Crippen LogP contribution in [0.15, 0.2) is 17.6 Å². The van der Waals surface area contributed by atoms with Gasteiger partial charge in [0.25, 0.3) is 0 Å². The molecule has 0 atom stereocenters. The van der Waals surface area contributed by atoms with Crippen molar-refractivity contribution in [1.29, 1.82) is 0 Å². The number of nitrogen functional groups attached to an aromatic ring is 1. The van der Waals surface area contributed by atoms with Gasteiger partial charge in [0.2, 0.25) is 5.82 Å². The number of anilines is 2. The van der Waals surface area contributed by atoms with Crippen molar-refractivity contribution in [2.75, 3.05) is 11.1 Å². The van der Waals surface area contributed by atoms with Crippen LogP contribution in [0.1, 0.15) is 10.6 Å². The Morgan fingerprint density at radius 1 is 1.56 bits per heavy atom. The van der Waals surface area contributed by atoms with E-state index in [1.807, 2.05) is 6.92 Å². The van der Waals surface area contributed by atoms with E-state index < -0.39 is 4.92 Å². The Morgan fingerprint density at radius 3 is 2.89 bits per heavy atom. The first kappa shape index (κ1) is 12.2. The van der Waals surface area contributed by atoms with Gasteiger partial charge in [-0.25, -0.2) is 9.97 Å². The van der Waals surface area contributed by atoms with E-state index in [0.29, 0.717) is 12.4 Å². The number of nitrogens with one attached hydrogen (secondary N) is 1. The van der Waals surface area contributed by atoms with Crippen molar-refractivity contribution in [1.82, 2.24) is 9.97 Å². The maximum Gasteiger partial charge on any atom is 0.311 e. The van der Waals surface area contributed by atoms with E-state index in [2.05, 4.69) is 15.3 Å². The quantitative estimate of drug-likeness (QED) is 0.646. The predicted octanol–water partition coefficient (Wildman–Crippen LogP) is 1.95. The van der Waals surface area contributed by atoms with Gasteiger partial charge in [-0.05, 0) is 13.0 Å². The van der Waals surface area contributed by atoms with E-state index in [9.17, 15) is 10.1 Å². The van der Waals surface area contributed by atoms with Gasteiger partial charge in [0.05, 0.1) is 22.7 Å². The Labute approximate surface area is 107 Å². The normalized spacial score (nSPS) is 10.3. The third-order valence-electron chi connectivity index (χ3n) is 2.37. The molecule has 2 heterocycles. The van der Waals surface area contributed by atoms with Crippen LogP contribution < -0.4 is 11.1 Å². The van der Waals surface area contributed by atoms with Crippen molar-refractivity contribution in [2.24, 2.45) is 0 Å². The molecule has 0 fully saturated rings. The molecule has 0 saturated carbocycles. The molecule has 0 amide bonds. The minimum absolute atomic E-state index is 0.0916. The molecule has 94 valence electrons. The zero-order valence-corrected chi connectivity index (χ0v) is 10.4. The first-order chi connectivity index (χ1) is 8.58. The molecule has 0 spiro atoms. The number of pyridine rings is 1. The minimum atomic E-state index is -0.556. The molecule has 2 rings (SSSR count). The molecule has 0 unspecified atom stereocenters. The van der Waals surface area contributed by atoms with Gasteiger partial charge in [0, 0.05) is 10.9 Å². The average Bonchev–Trinajstić information content (AvgIpc) is 2.72. The number of hydrogen-bond donors (Lipinski definition) is 2. The van der Waals surface area contributed by atoms with Crippen LogP contribution in [-0.2, 0) is 6.54 Å². The summed E-state index contributed by atoms with van der Waals surface area (Å²) in [5, 5.41) is 13.6. The molecule has 0 aliphatic rings. The van der Waals surface area contributed by atoms with E-state index in [1.54, 1.807) is 16.8 Å². The van der Waals surface area contributed by atoms with Crippen molar-refractivity contribution in [3.63, 3.8) is 0 Å². The highest BCUT2D eigenvalue weighted by Gasteiger charge is 2.12. The molecular formula is C10H11N5O2S. The molecule has 0 saturated heterocycles. The van der Waals surface area contributed by atoms with Crippen molar-refractivity contribution >= 4 is 28.7 Å². The summed E-state index contributed by atoms with van der Waals surface area (Å²) in [6, 6.07) is 2.87. The molecule has 2 aromatic heterocycles.